The lowest BCUT2D eigenvalue weighted by Gasteiger charge is -2.05. The van der Waals surface area contributed by atoms with Crippen molar-refractivity contribution in [2.45, 2.75) is 6.54 Å². The largest absolute Gasteiger partial charge is 0.484 e. The van der Waals surface area contributed by atoms with Crippen molar-refractivity contribution in [1.29, 1.82) is 0 Å². The van der Waals surface area contributed by atoms with Crippen LogP contribution < -0.4 is 21.5 Å². The molecule has 0 aliphatic heterocycles. The molecule has 0 aliphatic carbocycles. The molecule has 6 heteroatoms. The molecule has 0 saturated heterocycles. The molecular weight excluding hydrogens is 210 g/mol. The number of primary amides is 1. The van der Waals surface area contributed by atoms with Crippen LogP contribution in [0.15, 0.2) is 24.3 Å². The highest BCUT2D eigenvalue weighted by molar-refractivity contribution is 5.94. The third kappa shape index (κ3) is 3.97. The maximum Gasteiger partial charge on any atom is 0.318 e. The first kappa shape index (κ1) is 12.0. The van der Waals surface area contributed by atoms with Crippen LogP contribution in [0.5, 0.6) is 5.75 Å². The highest BCUT2D eigenvalue weighted by atomic mass is 16.5. The molecule has 5 N–H and O–H groups in total. The van der Waals surface area contributed by atoms with Crippen LogP contribution >= 0.6 is 0 Å². The summed E-state index contributed by atoms with van der Waals surface area (Å²) in [5.41, 5.74) is 11.1. The predicted molar refractivity (Wildman–Crippen MR) is 57.6 cm³/mol. The van der Waals surface area contributed by atoms with E-state index in [9.17, 15) is 9.59 Å². The van der Waals surface area contributed by atoms with Gasteiger partial charge in [0.05, 0.1) is 0 Å². The Labute approximate surface area is 92.6 Å². The fourth-order valence-electron chi connectivity index (χ4n) is 1.04. The third-order valence-electron chi connectivity index (χ3n) is 1.79. The summed E-state index contributed by atoms with van der Waals surface area (Å²) in [4.78, 5) is 21.3. The first-order chi connectivity index (χ1) is 7.61. The van der Waals surface area contributed by atoms with Gasteiger partial charge in [0, 0.05) is 6.54 Å². The van der Waals surface area contributed by atoms with E-state index in [1.807, 2.05) is 5.32 Å². The molecule has 0 fully saturated rings. The van der Waals surface area contributed by atoms with Gasteiger partial charge in [0.25, 0.3) is 5.91 Å². The van der Waals surface area contributed by atoms with E-state index in [1.165, 1.54) is 0 Å². The smallest absolute Gasteiger partial charge is 0.318 e. The lowest BCUT2D eigenvalue weighted by Crippen LogP contribution is -2.38. The van der Waals surface area contributed by atoms with Crippen molar-refractivity contribution < 1.29 is 14.3 Å². The molecule has 1 aromatic carbocycles. The number of ether oxygens (including phenoxy) is 1. The van der Waals surface area contributed by atoms with E-state index in [1.54, 1.807) is 24.3 Å². The molecule has 6 nitrogen and oxygen atoms in total. The van der Waals surface area contributed by atoms with E-state index >= 15 is 0 Å². The third-order valence-corrected chi connectivity index (χ3v) is 1.79. The van der Waals surface area contributed by atoms with Crippen molar-refractivity contribution in [3.63, 3.8) is 0 Å². The summed E-state index contributed by atoms with van der Waals surface area (Å²) in [7, 11) is 0. The Kier molecular flexibility index (Phi) is 4.28. The standard InChI is InChI=1S/C10H13N3O3/c11-5-7-1-3-8(4-2-7)16-6-9(14)13-10(12)15/h1-4H,5-6,11H2,(H3,12,13,14,15). The van der Waals surface area contributed by atoms with Crippen molar-refractivity contribution in [2.24, 2.45) is 11.5 Å². The molecule has 0 aromatic heterocycles. The Morgan fingerprint density at radius 3 is 2.38 bits per heavy atom. The number of hydrogen-bond donors (Lipinski definition) is 3. The minimum absolute atomic E-state index is 0.259. The highest BCUT2D eigenvalue weighted by Crippen LogP contribution is 2.11. The number of rotatable bonds is 4. The zero-order chi connectivity index (χ0) is 12.0. The molecule has 0 saturated carbocycles. The molecule has 16 heavy (non-hydrogen) atoms. The number of urea groups is 1. The van der Waals surface area contributed by atoms with Crippen LogP contribution in [0.1, 0.15) is 5.56 Å². The Balaban J connectivity index is 2.42. The van der Waals surface area contributed by atoms with Crippen LogP contribution in [0, 0.1) is 0 Å². The lowest BCUT2D eigenvalue weighted by atomic mass is 10.2. The summed E-state index contributed by atoms with van der Waals surface area (Å²) in [6.45, 7) is 0.188. The van der Waals surface area contributed by atoms with Gasteiger partial charge < -0.3 is 16.2 Å². The Hall–Kier alpha value is -2.08. The van der Waals surface area contributed by atoms with Gasteiger partial charge >= 0.3 is 6.03 Å². The van der Waals surface area contributed by atoms with E-state index in [2.05, 4.69) is 0 Å². The molecule has 3 amide bonds. The number of nitrogens with two attached hydrogens (primary N) is 2. The fourth-order valence-corrected chi connectivity index (χ4v) is 1.04. The second-order valence-electron chi connectivity index (χ2n) is 3.05. The zero-order valence-electron chi connectivity index (χ0n) is 8.60. The van der Waals surface area contributed by atoms with Crippen LogP contribution in [-0.2, 0) is 11.3 Å². The number of amides is 3. The van der Waals surface area contributed by atoms with Gasteiger partial charge in [-0.2, -0.15) is 0 Å². The van der Waals surface area contributed by atoms with Crippen molar-refractivity contribution in [3.05, 3.63) is 29.8 Å². The lowest BCUT2D eigenvalue weighted by molar-refractivity contribution is -0.121. The van der Waals surface area contributed by atoms with Crippen LogP contribution in [0.3, 0.4) is 0 Å². The Morgan fingerprint density at radius 1 is 1.25 bits per heavy atom. The van der Waals surface area contributed by atoms with Crippen LogP contribution in [-0.4, -0.2) is 18.5 Å². The Bertz CT molecular complexity index is 375. The highest BCUT2D eigenvalue weighted by Gasteiger charge is 2.04. The Morgan fingerprint density at radius 2 is 1.88 bits per heavy atom. The number of benzene rings is 1. The monoisotopic (exact) mass is 223 g/mol. The predicted octanol–water partition coefficient (Wildman–Crippen LogP) is -0.281. The minimum atomic E-state index is -0.896. The zero-order valence-corrected chi connectivity index (χ0v) is 8.60. The molecule has 0 spiro atoms. The first-order valence-corrected chi connectivity index (χ1v) is 4.63. The number of imide groups is 1. The molecule has 1 aromatic rings. The van der Waals surface area contributed by atoms with Gasteiger partial charge in [-0.25, -0.2) is 4.79 Å². The second-order valence-corrected chi connectivity index (χ2v) is 3.05. The molecule has 0 atom stereocenters. The van der Waals surface area contributed by atoms with E-state index in [0.29, 0.717) is 12.3 Å². The van der Waals surface area contributed by atoms with E-state index < -0.39 is 11.9 Å². The molecule has 0 aliphatic rings. The molecule has 0 unspecified atom stereocenters. The number of carbonyl (C=O) groups is 2. The van der Waals surface area contributed by atoms with Crippen molar-refractivity contribution in [3.8, 4) is 5.75 Å². The SMILES string of the molecule is NCc1ccc(OCC(=O)NC(N)=O)cc1. The van der Waals surface area contributed by atoms with Crippen LogP contribution in [0.25, 0.3) is 0 Å². The number of carbonyl (C=O) groups excluding carboxylic acids is 2. The van der Waals surface area contributed by atoms with Gasteiger partial charge in [-0.3, -0.25) is 10.1 Å². The van der Waals surface area contributed by atoms with Crippen LogP contribution in [0.2, 0.25) is 0 Å². The van der Waals surface area contributed by atoms with E-state index in [0.717, 1.165) is 5.56 Å². The van der Waals surface area contributed by atoms with Crippen molar-refractivity contribution in [1.82, 2.24) is 5.32 Å². The molecule has 0 radical (unpaired) electrons. The quantitative estimate of drug-likeness (QED) is 0.652. The van der Waals surface area contributed by atoms with Gasteiger partial charge in [0.1, 0.15) is 5.75 Å². The normalized spacial score (nSPS) is 9.56. The molecular formula is C10H13N3O3. The summed E-state index contributed by atoms with van der Waals surface area (Å²) < 4.78 is 5.11. The van der Waals surface area contributed by atoms with Crippen molar-refractivity contribution in [2.75, 3.05) is 6.61 Å². The van der Waals surface area contributed by atoms with Crippen molar-refractivity contribution >= 4 is 11.9 Å². The van der Waals surface area contributed by atoms with E-state index in [-0.39, 0.29) is 6.61 Å². The maximum atomic E-state index is 11.0. The number of nitrogens with one attached hydrogen (secondary N) is 1. The van der Waals surface area contributed by atoms with Gasteiger partial charge in [-0.15, -0.1) is 0 Å². The van der Waals surface area contributed by atoms with E-state index in [4.69, 9.17) is 16.2 Å². The first-order valence-electron chi connectivity index (χ1n) is 4.63. The van der Waals surface area contributed by atoms with Gasteiger partial charge in [0.2, 0.25) is 0 Å². The summed E-state index contributed by atoms with van der Waals surface area (Å²) in [5.74, 6) is -0.0628. The summed E-state index contributed by atoms with van der Waals surface area (Å²) in [5, 5.41) is 1.89. The molecule has 0 heterocycles. The van der Waals surface area contributed by atoms with Crippen LogP contribution in [0.4, 0.5) is 4.79 Å². The topological polar surface area (TPSA) is 107 Å². The molecule has 1 rings (SSSR count). The summed E-state index contributed by atoms with van der Waals surface area (Å²) in [6, 6.07) is 6.08. The summed E-state index contributed by atoms with van der Waals surface area (Å²) >= 11 is 0. The maximum absolute atomic E-state index is 11.0. The van der Waals surface area contributed by atoms with Gasteiger partial charge in [-0.1, -0.05) is 12.1 Å². The average molecular weight is 223 g/mol. The molecule has 0 bridgehead atoms. The number of hydrogen-bond acceptors (Lipinski definition) is 4. The summed E-state index contributed by atoms with van der Waals surface area (Å²) in [6.07, 6.45) is 0. The molecule has 86 valence electrons. The van der Waals surface area contributed by atoms with Gasteiger partial charge in [0.15, 0.2) is 6.61 Å². The second kappa shape index (κ2) is 5.72. The average Bonchev–Trinajstić information content (AvgIpc) is 2.26. The fraction of sp³-hybridized carbons (Fsp3) is 0.200. The van der Waals surface area contributed by atoms with Gasteiger partial charge in [-0.05, 0) is 17.7 Å². The minimum Gasteiger partial charge on any atom is -0.484 e.